The summed E-state index contributed by atoms with van der Waals surface area (Å²) in [5, 5.41) is 24.4. The summed E-state index contributed by atoms with van der Waals surface area (Å²) in [4.78, 5) is 35.8. The molecule has 1 amide bonds. The number of phenolic OH excluding ortho intramolecular Hbond substituents is 1. The maximum absolute atomic E-state index is 13.0. The van der Waals surface area contributed by atoms with Gasteiger partial charge in [-0.05, 0) is 20.2 Å². The first-order valence-electron chi connectivity index (χ1n) is 9.91. The average Bonchev–Trinajstić information content (AvgIpc) is 2.77. The number of carbonyl (C=O) groups excluding carboxylic acids is 1. The van der Waals surface area contributed by atoms with Crippen molar-refractivity contribution in [1.29, 1.82) is 0 Å². The van der Waals surface area contributed by atoms with E-state index in [4.69, 9.17) is 4.74 Å². The molecule has 0 fully saturated rings. The Morgan fingerprint density at radius 2 is 1.70 bits per heavy atom. The minimum absolute atomic E-state index is 0. The zero-order chi connectivity index (χ0) is 23.0. The second-order valence-corrected chi connectivity index (χ2v) is 7.60. The summed E-state index contributed by atoms with van der Waals surface area (Å²) in [5.41, 5.74) is 1.23. The largest absolute Gasteiger partial charge is 0.506 e. The maximum atomic E-state index is 13.0. The number of aromatic nitrogens is 2. The summed E-state index contributed by atoms with van der Waals surface area (Å²) in [5.74, 6) is -1.70. The van der Waals surface area contributed by atoms with Gasteiger partial charge in [-0.3, -0.25) is 4.79 Å². The van der Waals surface area contributed by atoms with Gasteiger partial charge in [0.1, 0.15) is 28.1 Å². The van der Waals surface area contributed by atoms with Crippen molar-refractivity contribution in [3.63, 3.8) is 0 Å². The zero-order valence-corrected chi connectivity index (χ0v) is 20.8. The third-order valence-electron chi connectivity index (χ3n) is 5.20. The minimum Gasteiger partial charge on any atom is -0.506 e. The molecule has 0 saturated carbocycles. The molecular weight excluding hydrogens is 435 g/mol. The number of ether oxygens (including phenoxy) is 1. The molecule has 0 aliphatic rings. The van der Waals surface area contributed by atoms with E-state index in [1.165, 1.54) is 19.2 Å². The van der Waals surface area contributed by atoms with Gasteiger partial charge in [0.2, 0.25) is 0 Å². The normalized spacial score (nSPS) is 11.0. The van der Waals surface area contributed by atoms with Crippen LogP contribution < -0.4 is 10.1 Å². The molecule has 0 aliphatic heterocycles. The molecule has 0 unspecified atom stereocenters. The first-order chi connectivity index (χ1) is 15.3. The summed E-state index contributed by atoms with van der Waals surface area (Å²) in [6.07, 6.45) is 0. The predicted octanol–water partition coefficient (Wildman–Crippen LogP) is 2.26. The van der Waals surface area contributed by atoms with Gasteiger partial charge >= 0.3 is 5.97 Å². The van der Waals surface area contributed by atoms with Gasteiger partial charge in [0.25, 0.3) is 5.91 Å². The number of fused-ring (bicyclic) bond motifs is 4. The minimum atomic E-state index is -1.17. The Morgan fingerprint density at radius 1 is 1.06 bits per heavy atom. The summed E-state index contributed by atoms with van der Waals surface area (Å²) in [6.45, 7) is 0.995. The van der Waals surface area contributed by atoms with E-state index < -0.39 is 11.9 Å². The van der Waals surface area contributed by atoms with Crippen LogP contribution in [0.3, 0.4) is 0 Å². The van der Waals surface area contributed by atoms with E-state index in [-0.39, 0.29) is 63.2 Å². The number of rotatable bonds is 6. The van der Waals surface area contributed by atoms with Crippen molar-refractivity contribution in [1.82, 2.24) is 20.2 Å². The van der Waals surface area contributed by atoms with Gasteiger partial charge in [0.15, 0.2) is 0 Å². The number of carboxylic acid groups (broad SMARTS) is 1. The first-order valence-corrected chi connectivity index (χ1v) is 9.91. The van der Waals surface area contributed by atoms with Crippen LogP contribution in [0.15, 0.2) is 36.4 Å². The third-order valence-corrected chi connectivity index (χ3v) is 5.20. The second kappa shape index (κ2) is 9.88. The van der Waals surface area contributed by atoms with Crippen molar-refractivity contribution in [2.24, 2.45) is 0 Å². The van der Waals surface area contributed by atoms with E-state index >= 15 is 0 Å². The number of amides is 1. The molecule has 0 spiro atoms. The van der Waals surface area contributed by atoms with Crippen molar-refractivity contribution in [3.8, 4) is 11.5 Å². The van der Waals surface area contributed by atoms with Crippen molar-refractivity contribution >= 4 is 74.3 Å². The van der Waals surface area contributed by atoms with Crippen LogP contribution in [0, 0.1) is 0 Å². The average molecular weight is 457 g/mol. The molecule has 3 N–H and O–H groups in total. The Morgan fingerprint density at radius 3 is 2.33 bits per heavy atom. The first kappa shape index (κ1) is 24.7. The number of phenols is 1. The van der Waals surface area contributed by atoms with Gasteiger partial charge in [-0.1, -0.05) is 24.3 Å². The Balaban J connectivity index is 0.00000306. The molecule has 10 heteroatoms. The molecular formula is C23H22N4NaO5. The number of benzene rings is 3. The van der Waals surface area contributed by atoms with E-state index in [1.54, 1.807) is 24.3 Å². The number of nitrogens with one attached hydrogen (secondary N) is 1. The van der Waals surface area contributed by atoms with E-state index in [1.807, 2.05) is 19.0 Å². The van der Waals surface area contributed by atoms with E-state index in [9.17, 15) is 19.8 Å². The molecule has 4 aromatic rings. The van der Waals surface area contributed by atoms with E-state index in [0.29, 0.717) is 34.9 Å². The molecule has 1 aromatic heterocycles. The summed E-state index contributed by atoms with van der Waals surface area (Å²) >= 11 is 0. The number of likely N-dealkylation sites (N-methyl/N-ethyl adjacent to an activating group) is 1. The van der Waals surface area contributed by atoms with Crippen LogP contribution >= 0.6 is 0 Å². The van der Waals surface area contributed by atoms with Gasteiger partial charge in [-0.2, -0.15) is 0 Å². The second-order valence-electron chi connectivity index (χ2n) is 7.60. The summed E-state index contributed by atoms with van der Waals surface area (Å²) < 4.78 is 5.20. The van der Waals surface area contributed by atoms with Crippen molar-refractivity contribution < 1.29 is 24.5 Å². The van der Waals surface area contributed by atoms with Crippen LogP contribution in [0.1, 0.15) is 20.7 Å². The number of methoxy groups -OCH3 is 1. The Bertz CT molecular complexity index is 1390. The van der Waals surface area contributed by atoms with Gasteiger partial charge in [-0.15, -0.1) is 0 Å². The van der Waals surface area contributed by atoms with E-state index in [0.717, 1.165) is 0 Å². The molecule has 9 nitrogen and oxygen atoms in total. The van der Waals surface area contributed by atoms with Gasteiger partial charge in [0.05, 0.1) is 23.7 Å². The van der Waals surface area contributed by atoms with Crippen LogP contribution in [0.5, 0.6) is 11.5 Å². The molecule has 0 bridgehead atoms. The van der Waals surface area contributed by atoms with Gasteiger partial charge in [0, 0.05) is 59.5 Å². The van der Waals surface area contributed by atoms with Crippen LogP contribution in [0.25, 0.3) is 32.8 Å². The molecule has 0 aliphatic carbocycles. The maximum Gasteiger partial charge on any atom is 0.339 e. The van der Waals surface area contributed by atoms with Crippen molar-refractivity contribution in [3.05, 3.63) is 47.5 Å². The molecule has 1 heterocycles. The number of hydrogen-bond donors (Lipinski definition) is 3. The standard InChI is InChI=1S/C23H22N4O5.Na/c1-27(2)9-8-24-22(29)18-20-19(12-6-4-5-7-13(12)21(18)28)25-16-11-17(32-3)14(23(30)31)10-15(16)26-20;/h4-7,10-11,28H,8-9H2,1-3H3,(H,24,29)(H,30,31);. The fraction of sp³-hybridized carbons (Fsp3) is 0.217. The summed E-state index contributed by atoms with van der Waals surface area (Å²) in [7, 11) is 5.16. The Kier molecular flexibility index (Phi) is 7.38. The number of carboxylic acids is 1. The van der Waals surface area contributed by atoms with E-state index in [2.05, 4.69) is 15.3 Å². The summed E-state index contributed by atoms with van der Waals surface area (Å²) in [6, 6.07) is 9.91. The SMILES string of the molecule is COc1cc2nc3c(nc2cc1C(=O)O)c(C(=O)NCCN(C)C)c(O)c1ccccc13.[Na]. The van der Waals surface area contributed by atoms with Crippen LogP contribution in [0.4, 0.5) is 0 Å². The zero-order valence-electron chi connectivity index (χ0n) is 18.8. The topological polar surface area (TPSA) is 125 Å². The van der Waals surface area contributed by atoms with Crippen LogP contribution in [-0.2, 0) is 0 Å². The molecule has 4 rings (SSSR count). The third kappa shape index (κ3) is 4.58. The van der Waals surface area contributed by atoms with Crippen LogP contribution in [-0.4, -0.2) is 101 Å². The molecule has 33 heavy (non-hydrogen) atoms. The Labute approximate surface area is 211 Å². The van der Waals surface area contributed by atoms with Gasteiger partial charge in [-0.25, -0.2) is 14.8 Å². The predicted molar refractivity (Wildman–Crippen MR) is 126 cm³/mol. The fourth-order valence-corrected chi connectivity index (χ4v) is 3.62. The number of carbonyl (C=O) groups is 2. The number of aromatic hydroxyl groups is 1. The fourth-order valence-electron chi connectivity index (χ4n) is 3.62. The number of aromatic carboxylic acids is 1. The molecule has 3 aromatic carbocycles. The quantitative estimate of drug-likeness (QED) is 0.229. The van der Waals surface area contributed by atoms with Crippen molar-refractivity contribution in [2.75, 3.05) is 34.3 Å². The molecule has 0 atom stereocenters. The molecule has 0 saturated heterocycles. The molecule has 165 valence electrons. The van der Waals surface area contributed by atoms with Gasteiger partial charge < -0.3 is 25.2 Å². The Hall–Kier alpha value is -2.98. The van der Waals surface area contributed by atoms with Crippen molar-refractivity contribution in [2.45, 2.75) is 0 Å². The van der Waals surface area contributed by atoms with Crippen LogP contribution in [0.2, 0.25) is 0 Å². The number of hydrogen-bond acceptors (Lipinski definition) is 7. The molecule has 1 radical (unpaired) electrons. The smallest absolute Gasteiger partial charge is 0.339 e. The monoisotopic (exact) mass is 457 g/mol. The number of nitrogens with zero attached hydrogens (tertiary/aromatic N) is 3.